The monoisotopic (exact) mass is 412 g/mol. The third-order valence-corrected chi connectivity index (χ3v) is 5.64. The van der Waals surface area contributed by atoms with E-state index in [0.29, 0.717) is 24.2 Å². The first-order valence-electron chi connectivity index (χ1n) is 10.9. The Bertz CT molecular complexity index is 831. The molecule has 1 heterocycles. The van der Waals surface area contributed by atoms with E-state index in [-0.39, 0.29) is 17.6 Å². The lowest BCUT2D eigenvalue weighted by atomic mass is 9.89. The molecule has 0 aliphatic carbocycles. The van der Waals surface area contributed by atoms with Gasteiger partial charge in [0.15, 0.2) is 0 Å². The van der Waals surface area contributed by atoms with Gasteiger partial charge in [-0.2, -0.15) is 0 Å². The van der Waals surface area contributed by atoms with Crippen LogP contribution in [0.25, 0.3) is 0 Å². The number of nitrogens with one attached hydrogen (secondary N) is 1. The Hall–Kier alpha value is -2.40. The zero-order valence-electron chi connectivity index (χ0n) is 18.2. The number of amides is 1. The van der Waals surface area contributed by atoms with Gasteiger partial charge in [0, 0.05) is 30.1 Å². The van der Waals surface area contributed by atoms with Gasteiger partial charge in [-0.25, -0.2) is 4.39 Å². The van der Waals surface area contributed by atoms with Crippen LogP contribution in [0.15, 0.2) is 48.5 Å². The fourth-order valence-corrected chi connectivity index (χ4v) is 3.89. The quantitative estimate of drug-likeness (QED) is 0.638. The van der Waals surface area contributed by atoms with E-state index in [1.165, 1.54) is 17.7 Å². The average molecular weight is 413 g/mol. The summed E-state index contributed by atoms with van der Waals surface area (Å²) in [6.45, 7) is 9.65. The van der Waals surface area contributed by atoms with Gasteiger partial charge < -0.3 is 15.0 Å². The van der Waals surface area contributed by atoms with Crippen LogP contribution in [-0.4, -0.2) is 37.0 Å². The van der Waals surface area contributed by atoms with E-state index in [4.69, 9.17) is 4.74 Å². The van der Waals surface area contributed by atoms with Gasteiger partial charge in [-0.15, -0.1) is 0 Å². The van der Waals surface area contributed by atoms with Crippen molar-refractivity contribution in [3.8, 4) is 5.75 Å². The molecule has 0 unspecified atom stereocenters. The highest BCUT2D eigenvalue weighted by Crippen LogP contribution is 2.30. The maximum absolute atomic E-state index is 13.3. The molecule has 1 N–H and O–H groups in total. The Balaban J connectivity index is 1.45. The molecule has 5 heteroatoms. The predicted molar refractivity (Wildman–Crippen MR) is 119 cm³/mol. The molecule has 1 saturated heterocycles. The number of ether oxygens (including phenoxy) is 1. The van der Waals surface area contributed by atoms with Gasteiger partial charge in [0.1, 0.15) is 11.6 Å². The van der Waals surface area contributed by atoms with Crippen molar-refractivity contribution in [2.45, 2.75) is 39.5 Å². The van der Waals surface area contributed by atoms with E-state index >= 15 is 0 Å². The maximum atomic E-state index is 13.3. The molecule has 30 heavy (non-hydrogen) atoms. The zero-order valence-corrected chi connectivity index (χ0v) is 18.2. The van der Waals surface area contributed by atoms with Crippen LogP contribution in [0.2, 0.25) is 0 Å². The Kier molecular flexibility index (Phi) is 7.86. The second kappa shape index (κ2) is 10.6. The van der Waals surface area contributed by atoms with Crippen molar-refractivity contribution in [3.05, 3.63) is 59.9 Å². The molecule has 1 atom stereocenters. The van der Waals surface area contributed by atoms with Gasteiger partial charge >= 0.3 is 0 Å². The normalized spacial score (nSPS) is 16.4. The molecule has 0 aromatic heterocycles. The van der Waals surface area contributed by atoms with Crippen LogP contribution >= 0.6 is 0 Å². The van der Waals surface area contributed by atoms with Gasteiger partial charge in [0.25, 0.3) is 0 Å². The molecule has 162 valence electrons. The summed E-state index contributed by atoms with van der Waals surface area (Å²) >= 11 is 0. The SMILES string of the molecule is CC(C)C(=O)Nc1cccc(C2CCN(C[C@@H](C)COc3cccc(F)c3)CC2)c1. The number of likely N-dealkylation sites (tertiary alicyclic amines) is 1. The number of piperidine rings is 1. The smallest absolute Gasteiger partial charge is 0.226 e. The summed E-state index contributed by atoms with van der Waals surface area (Å²) in [5.74, 6) is 1.25. The molecule has 0 radical (unpaired) electrons. The number of hydrogen-bond donors (Lipinski definition) is 1. The molecule has 2 aromatic rings. The van der Waals surface area contributed by atoms with Crippen LogP contribution in [0.4, 0.5) is 10.1 Å². The molecule has 0 saturated carbocycles. The molecule has 0 spiro atoms. The summed E-state index contributed by atoms with van der Waals surface area (Å²) < 4.78 is 19.0. The van der Waals surface area contributed by atoms with Crippen LogP contribution in [-0.2, 0) is 4.79 Å². The molecular formula is C25H33FN2O2. The topological polar surface area (TPSA) is 41.6 Å². The summed E-state index contributed by atoms with van der Waals surface area (Å²) in [7, 11) is 0. The van der Waals surface area contributed by atoms with Crippen molar-refractivity contribution in [1.82, 2.24) is 4.90 Å². The largest absolute Gasteiger partial charge is 0.493 e. The number of benzene rings is 2. The van der Waals surface area contributed by atoms with Gasteiger partial charge in [0.2, 0.25) is 5.91 Å². The standard InChI is InChI=1S/C25H33FN2O2/c1-18(2)25(29)27-23-8-4-6-21(14-23)20-10-12-28(13-11-20)16-19(3)17-30-24-9-5-7-22(26)15-24/h4-9,14-15,18-20H,10-13,16-17H2,1-3H3,(H,27,29)/t19-/m1/s1. The maximum Gasteiger partial charge on any atom is 0.226 e. The first-order valence-corrected chi connectivity index (χ1v) is 10.9. The highest BCUT2D eigenvalue weighted by Gasteiger charge is 2.22. The first-order chi connectivity index (χ1) is 14.4. The summed E-state index contributed by atoms with van der Waals surface area (Å²) in [5.41, 5.74) is 2.19. The third-order valence-electron chi connectivity index (χ3n) is 5.64. The number of rotatable bonds is 8. The predicted octanol–water partition coefficient (Wildman–Crippen LogP) is 5.31. The second-order valence-electron chi connectivity index (χ2n) is 8.72. The molecule has 1 amide bonds. The van der Waals surface area contributed by atoms with E-state index in [9.17, 15) is 9.18 Å². The highest BCUT2D eigenvalue weighted by molar-refractivity contribution is 5.92. The number of nitrogens with zero attached hydrogens (tertiary/aromatic N) is 1. The van der Waals surface area contributed by atoms with Crippen molar-refractivity contribution in [2.24, 2.45) is 11.8 Å². The fourth-order valence-electron chi connectivity index (χ4n) is 3.89. The van der Waals surface area contributed by atoms with Crippen LogP contribution in [0, 0.1) is 17.7 Å². The fraction of sp³-hybridized carbons (Fsp3) is 0.480. The van der Waals surface area contributed by atoms with Crippen LogP contribution in [0.5, 0.6) is 5.75 Å². The summed E-state index contributed by atoms with van der Waals surface area (Å²) in [6.07, 6.45) is 2.22. The number of carbonyl (C=O) groups is 1. The van der Waals surface area contributed by atoms with Crippen molar-refractivity contribution < 1.29 is 13.9 Å². The zero-order chi connectivity index (χ0) is 21.5. The molecule has 0 bridgehead atoms. The molecule has 4 nitrogen and oxygen atoms in total. The van der Waals surface area contributed by atoms with Crippen molar-refractivity contribution in [2.75, 3.05) is 31.6 Å². The Morgan fingerprint density at radius 1 is 1.13 bits per heavy atom. The minimum atomic E-state index is -0.268. The highest BCUT2D eigenvalue weighted by atomic mass is 19.1. The Labute approximate surface area is 179 Å². The third kappa shape index (κ3) is 6.56. The number of anilines is 1. The van der Waals surface area contributed by atoms with Gasteiger partial charge in [-0.3, -0.25) is 4.79 Å². The van der Waals surface area contributed by atoms with Crippen molar-refractivity contribution >= 4 is 11.6 Å². The van der Waals surface area contributed by atoms with Gasteiger partial charge in [0.05, 0.1) is 6.61 Å². The Morgan fingerprint density at radius 2 is 1.87 bits per heavy atom. The van der Waals surface area contributed by atoms with Gasteiger partial charge in [-0.05, 0) is 61.7 Å². The average Bonchev–Trinajstić information content (AvgIpc) is 2.73. The number of carbonyl (C=O) groups excluding carboxylic acids is 1. The van der Waals surface area contributed by atoms with E-state index in [2.05, 4.69) is 29.3 Å². The number of halogens is 1. The minimum Gasteiger partial charge on any atom is -0.493 e. The molecule has 1 aliphatic rings. The molecular weight excluding hydrogens is 379 g/mol. The summed E-state index contributed by atoms with van der Waals surface area (Å²) in [6, 6.07) is 14.6. The van der Waals surface area contributed by atoms with Crippen LogP contribution in [0.3, 0.4) is 0 Å². The van der Waals surface area contributed by atoms with E-state index in [0.717, 1.165) is 38.2 Å². The van der Waals surface area contributed by atoms with E-state index in [1.54, 1.807) is 12.1 Å². The van der Waals surface area contributed by atoms with Crippen molar-refractivity contribution in [3.63, 3.8) is 0 Å². The molecule has 1 fully saturated rings. The van der Waals surface area contributed by atoms with Gasteiger partial charge in [-0.1, -0.05) is 39.0 Å². The molecule has 1 aliphatic heterocycles. The minimum absolute atomic E-state index is 0.0243. The van der Waals surface area contributed by atoms with Crippen LogP contribution < -0.4 is 10.1 Å². The summed E-state index contributed by atoms with van der Waals surface area (Å²) in [4.78, 5) is 14.4. The second-order valence-corrected chi connectivity index (χ2v) is 8.72. The lowest BCUT2D eigenvalue weighted by Crippen LogP contribution is -2.37. The number of hydrogen-bond acceptors (Lipinski definition) is 3. The first kappa shape index (κ1) is 22.3. The lowest BCUT2D eigenvalue weighted by Gasteiger charge is -2.33. The molecule has 3 rings (SSSR count). The van der Waals surface area contributed by atoms with E-state index in [1.807, 2.05) is 26.0 Å². The lowest BCUT2D eigenvalue weighted by molar-refractivity contribution is -0.118. The Morgan fingerprint density at radius 3 is 2.57 bits per heavy atom. The summed E-state index contributed by atoms with van der Waals surface area (Å²) in [5, 5.41) is 3.00. The van der Waals surface area contributed by atoms with Crippen molar-refractivity contribution in [1.29, 1.82) is 0 Å². The molecule has 2 aromatic carbocycles. The van der Waals surface area contributed by atoms with Crippen LogP contribution in [0.1, 0.15) is 45.1 Å². The van der Waals surface area contributed by atoms with E-state index < -0.39 is 0 Å².